The highest BCUT2D eigenvalue weighted by atomic mass is 16.2. The summed E-state index contributed by atoms with van der Waals surface area (Å²) in [5, 5.41) is 5.29. The van der Waals surface area contributed by atoms with E-state index in [9.17, 15) is 14.4 Å². The molecule has 1 aliphatic heterocycles. The summed E-state index contributed by atoms with van der Waals surface area (Å²) in [7, 11) is 0. The molecule has 0 unspecified atom stereocenters. The number of rotatable bonds is 5. The smallest absolute Gasteiger partial charge is 0.325 e. The fraction of sp³-hybridized carbons (Fsp3) is 0.438. The molecule has 1 aromatic carbocycles. The first kappa shape index (κ1) is 16.0. The molecule has 4 amide bonds. The summed E-state index contributed by atoms with van der Waals surface area (Å²) < 4.78 is 0. The standard InChI is InChI=1S/C16H21N3O3/c1-11-6-4-5-7-12(11)8-9-17-13(20)10-19-14(21)16(2,3)18-15(19)22/h4-7H,8-10H2,1-3H3,(H,17,20)(H,18,22). The molecule has 0 spiro atoms. The van der Waals surface area contributed by atoms with Crippen LogP contribution in [0.3, 0.4) is 0 Å². The van der Waals surface area contributed by atoms with Crippen LogP contribution in [0.4, 0.5) is 4.79 Å². The average molecular weight is 303 g/mol. The molecule has 1 heterocycles. The van der Waals surface area contributed by atoms with Gasteiger partial charge in [-0.05, 0) is 38.3 Å². The van der Waals surface area contributed by atoms with E-state index < -0.39 is 11.6 Å². The maximum absolute atomic E-state index is 12.0. The summed E-state index contributed by atoms with van der Waals surface area (Å²) in [5.74, 6) is -0.721. The predicted octanol–water partition coefficient (Wildman–Crippen LogP) is 0.984. The molecule has 22 heavy (non-hydrogen) atoms. The van der Waals surface area contributed by atoms with E-state index in [0.29, 0.717) is 13.0 Å². The van der Waals surface area contributed by atoms with E-state index in [4.69, 9.17) is 0 Å². The van der Waals surface area contributed by atoms with Gasteiger partial charge < -0.3 is 10.6 Å². The minimum Gasteiger partial charge on any atom is -0.354 e. The molecule has 0 saturated carbocycles. The number of imide groups is 1. The normalized spacial score (nSPS) is 16.6. The average Bonchev–Trinajstić information content (AvgIpc) is 2.63. The van der Waals surface area contributed by atoms with Crippen molar-refractivity contribution < 1.29 is 14.4 Å². The van der Waals surface area contributed by atoms with Crippen LogP contribution in [0, 0.1) is 6.92 Å². The second-order valence-corrected chi connectivity index (χ2v) is 5.97. The van der Waals surface area contributed by atoms with E-state index in [1.165, 1.54) is 11.1 Å². The SMILES string of the molecule is Cc1ccccc1CCNC(=O)CN1C(=O)NC(C)(C)C1=O. The first-order valence-corrected chi connectivity index (χ1v) is 7.26. The maximum atomic E-state index is 12.0. The van der Waals surface area contributed by atoms with Crippen molar-refractivity contribution in [3.63, 3.8) is 0 Å². The lowest BCUT2D eigenvalue weighted by molar-refractivity contribution is -0.134. The highest BCUT2D eigenvalue weighted by Crippen LogP contribution is 2.15. The molecular formula is C16H21N3O3. The zero-order valence-corrected chi connectivity index (χ0v) is 13.1. The third kappa shape index (κ3) is 3.44. The Labute approximate surface area is 129 Å². The van der Waals surface area contributed by atoms with Gasteiger partial charge in [-0.2, -0.15) is 0 Å². The largest absolute Gasteiger partial charge is 0.354 e. The number of benzene rings is 1. The molecule has 2 N–H and O–H groups in total. The van der Waals surface area contributed by atoms with Gasteiger partial charge in [0.25, 0.3) is 5.91 Å². The van der Waals surface area contributed by atoms with E-state index in [1.807, 2.05) is 31.2 Å². The summed E-state index contributed by atoms with van der Waals surface area (Å²) in [6, 6.07) is 7.44. The van der Waals surface area contributed by atoms with E-state index in [1.54, 1.807) is 13.8 Å². The highest BCUT2D eigenvalue weighted by molar-refractivity contribution is 6.08. The number of amides is 4. The van der Waals surface area contributed by atoms with Crippen LogP contribution in [0.25, 0.3) is 0 Å². The summed E-state index contributed by atoms with van der Waals surface area (Å²) in [6.07, 6.45) is 0.712. The van der Waals surface area contributed by atoms with Crippen molar-refractivity contribution >= 4 is 17.8 Å². The van der Waals surface area contributed by atoms with Crippen molar-refractivity contribution in [1.82, 2.24) is 15.5 Å². The van der Waals surface area contributed by atoms with Gasteiger partial charge in [0.1, 0.15) is 12.1 Å². The molecule has 6 nitrogen and oxygen atoms in total. The van der Waals surface area contributed by atoms with Crippen LogP contribution in [0.1, 0.15) is 25.0 Å². The molecular weight excluding hydrogens is 282 g/mol. The lowest BCUT2D eigenvalue weighted by Crippen LogP contribution is -2.43. The second kappa shape index (κ2) is 6.17. The fourth-order valence-electron chi connectivity index (χ4n) is 2.39. The van der Waals surface area contributed by atoms with Crippen molar-refractivity contribution in [2.24, 2.45) is 0 Å². The van der Waals surface area contributed by atoms with Crippen LogP contribution in [0.5, 0.6) is 0 Å². The summed E-state index contributed by atoms with van der Waals surface area (Å²) in [5.41, 5.74) is 1.39. The number of aryl methyl sites for hydroxylation is 1. The summed E-state index contributed by atoms with van der Waals surface area (Å²) in [6.45, 7) is 5.47. The number of carbonyl (C=O) groups excluding carboxylic acids is 3. The molecule has 1 aromatic rings. The lowest BCUT2D eigenvalue weighted by atomic mass is 10.1. The van der Waals surface area contributed by atoms with Crippen LogP contribution in [-0.2, 0) is 16.0 Å². The van der Waals surface area contributed by atoms with Gasteiger partial charge in [0.15, 0.2) is 0 Å². The zero-order chi connectivity index (χ0) is 16.3. The minimum atomic E-state index is -0.946. The van der Waals surface area contributed by atoms with E-state index >= 15 is 0 Å². The number of nitrogens with zero attached hydrogens (tertiary/aromatic N) is 1. The highest BCUT2D eigenvalue weighted by Gasteiger charge is 2.44. The molecule has 1 aliphatic rings. The van der Waals surface area contributed by atoms with Gasteiger partial charge >= 0.3 is 6.03 Å². The van der Waals surface area contributed by atoms with Crippen LogP contribution >= 0.6 is 0 Å². The topological polar surface area (TPSA) is 78.5 Å². The van der Waals surface area contributed by atoms with Gasteiger partial charge in [-0.25, -0.2) is 4.79 Å². The Hall–Kier alpha value is -2.37. The quantitative estimate of drug-likeness (QED) is 0.796. The maximum Gasteiger partial charge on any atom is 0.325 e. The fourth-order valence-corrected chi connectivity index (χ4v) is 2.39. The first-order chi connectivity index (χ1) is 10.3. The molecule has 6 heteroatoms. The van der Waals surface area contributed by atoms with Crippen molar-refractivity contribution in [1.29, 1.82) is 0 Å². The number of urea groups is 1. The molecule has 0 bridgehead atoms. The molecule has 0 aromatic heterocycles. The second-order valence-electron chi connectivity index (χ2n) is 5.97. The van der Waals surface area contributed by atoms with E-state index in [0.717, 1.165) is 4.90 Å². The molecule has 0 radical (unpaired) electrons. The van der Waals surface area contributed by atoms with Crippen LogP contribution in [0.2, 0.25) is 0 Å². The van der Waals surface area contributed by atoms with Crippen molar-refractivity contribution in [2.45, 2.75) is 32.7 Å². The summed E-state index contributed by atoms with van der Waals surface area (Å²) in [4.78, 5) is 36.5. The van der Waals surface area contributed by atoms with Gasteiger partial charge in [0.05, 0.1) is 0 Å². The molecule has 2 rings (SSSR count). The Balaban J connectivity index is 1.83. The van der Waals surface area contributed by atoms with Gasteiger partial charge in [-0.3, -0.25) is 14.5 Å². The lowest BCUT2D eigenvalue weighted by Gasteiger charge is -2.15. The molecule has 0 atom stereocenters. The minimum absolute atomic E-state index is 0.248. The van der Waals surface area contributed by atoms with Crippen molar-refractivity contribution in [3.8, 4) is 0 Å². The summed E-state index contributed by atoms with van der Waals surface area (Å²) >= 11 is 0. The molecule has 1 fully saturated rings. The zero-order valence-electron chi connectivity index (χ0n) is 13.1. The predicted molar refractivity (Wildman–Crippen MR) is 82.2 cm³/mol. The van der Waals surface area contributed by atoms with Gasteiger partial charge in [-0.15, -0.1) is 0 Å². The van der Waals surface area contributed by atoms with Gasteiger partial charge in [0.2, 0.25) is 5.91 Å². The Morgan fingerprint density at radius 3 is 2.55 bits per heavy atom. The third-order valence-electron chi connectivity index (χ3n) is 3.72. The van der Waals surface area contributed by atoms with Gasteiger partial charge in [0, 0.05) is 6.54 Å². The van der Waals surface area contributed by atoms with E-state index in [-0.39, 0.29) is 18.4 Å². The Morgan fingerprint density at radius 2 is 1.95 bits per heavy atom. The van der Waals surface area contributed by atoms with E-state index in [2.05, 4.69) is 10.6 Å². The molecule has 1 saturated heterocycles. The van der Waals surface area contributed by atoms with Crippen molar-refractivity contribution in [3.05, 3.63) is 35.4 Å². The Kier molecular flexibility index (Phi) is 4.49. The number of nitrogens with one attached hydrogen (secondary N) is 2. The first-order valence-electron chi connectivity index (χ1n) is 7.26. The van der Waals surface area contributed by atoms with Crippen LogP contribution in [0.15, 0.2) is 24.3 Å². The number of hydrogen-bond donors (Lipinski definition) is 2. The molecule has 0 aliphatic carbocycles. The number of hydrogen-bond acceptors (Lipinski definition) is 3. The monoisotopic (exact) mass is 303 g/mol. The Bertz CT molecular complexity index is 610. The van der Waals surface area contributed by atoms with Crippen molar-refractivity contribution in [2.75, 3.05) is 13.1 Å². The molecule has 118 valence electrons. The Morgan fingerprint density at radius 1 is 1.27 bits per heavy atom. The number of carbonyl (C=O) groups is 3. The third-order valence-corrected chi connectivity index (χ3v) is 3.72. The van der Waals surface area contributed by atoms with Crippen LogP contribution < -0.4 is 10.6 Å². The van der Waals surface area contributed by atoms with Gasteiger partial charge in [-0.1, -0.05) is 24.3 Å². The van der Waals surface area contributed by atoms with Crippen LogP contribution in [-0.4, -0.2) is 41.4 Å².